The molecular formula is C7H6BrN3. The second-order valence-electron chi connectivity index (χ2n) is 2.39. The molecule has 3 nitrogen and oxygen atoms in total. The third-order valence-electron chi connectivity index (χ3n) is 1.58. The summed E-state index contributed by atoms with van der Waals surface area (Å²) >= 11 is 3.32. The molecule has 4 heteroatoms. The van der Waals surface area contributed by atoms with Crippen LogP contribution in [0.5, 0.6) is 0 Å². The smallest absolute Gasteiger partial charge is 0.110 e. The number of H-pyrrole nitrogens is 1. The SMILES string of the molecule is Cc1cc(Br)nc2cn[nH]c12. The van der Waals surface area contributed by atoms with Crippen LogP contribution in [0.25, 0.3) is 11.0 Å². The van der Waals surface area contributed by atoms with Gasteiger partial charge in [-0.3, -0.25) is 5.10 Å². The van der Waals surface area contributed by atoms with Gasteiger partial charge >= 0.3 is 0 Å². The van der Waals surface area contributed by atoms with Crippen LogP contribution in [0.3, 0.4) is 0 Å². The van der Waals surface area contributed by atoms with Crippen LogP contribution in [-0.2, 0) is 0 Å². The number of rotatable bonds is 0. The molecule has 0 bridgehead atoms. The zero-order chi connectivity index (χ0) is 7.84. The molecule has 0 aliphatic carbocycles. The lowest BCUT2D eigenvalue weighted by atomic mass is 10.2. The van der Waals surface area contributed by atoms with Gasteiger partial charge in [-0.1, -0.05) is 0 Å². The fourth-order valence-electron chi connectivity index (χ4n) is 1.05. The number of nitrogens with one attached hydrogen (secondary N) is 1. The summed E-state index contributed by atoms with van der Waals surface area (Å²) in [4.78, 5) is 4.22. The van der Waals surface area contributed by atoms with Gasteiger partial charge in [0.05, 0.1) is 11.7 Å². The van der Waals surface area contributed by atoms with E-state index in [0.717, 1.165) is 21.2 Å². The molecule has 0 aliphatic rings. The van der Waals surface area contributed by atoms with Crippen LogP contribution in [0, 0.1) is 6.92 Å². The van der Waals surface area contributed by atoms with Crippen molar-refractivity contribution in [3.05, 3.63) is 22.4 Å². The van der Waals surface area contributed by atoms with Crippen molar-refractivity contribution in [3.8, 4) is 0 Å². The first-order valence-corrected chi connectivity index (χ1v) is 4.03. The van der Waals surface area contributed by atoms with E-state index in [0.29, 0.717) is 0 Å². The predicted octanol–water partition coefficient (Wildman–Crippen LogP) is 2.03. The molecule has 56 valence electrons. The lowest BCUT2D eigenvalue weighted by Crippen LogP contribution is -1.81. The van der Waals surface area contributed by atoms with Crippen molar-refractivity contribution in [1.29, 1.82) is 0 Å². The van der Waals surface area contributed by atoms with Crippen LogP contribution in [0.15, 0.2) is 16.9 Å². The molecule has 0 aromatic carbocycles. The minimum absolute atomic E-state index is 0.851. The Morgan fingerprint density at radius 2 is 2.36 bits per heavy atom. The highest BCUT2D eigenvalue weighted by molar-refractivity contribution is 9.10. The summed E-state index contributed by atoms with van der Waals surface area (Å²) in [5.74, 6) is 0. The zero-order valence-corrected chi connectivity index (χ0v) is 7.51. The van der Waals surface area contributed by atoms with Crippen molar-refractivity contribution >= 4 is 27.0 Å². The molecule has 0 atom stereocenters. The van der Waals surface area contributed by atoms with Gasteiger partial charge in [-0.15, -0.1) is 0 Å². The third kappa shape index (κ3) is 1.03. The van der Waals surface area contributed by atoms with E-state index < -0.39 is 0 Å². The highest BCUT2D eigenvalue weighted by Gasteiger charge is 2.00. The van der Waals surface area contributed by atoms with E-state index in [1.807, 2.05) is 13.0 Å². The number of aryl methyl sites for hydroxylation is 1. The van der Waals surface area contributed by atoms with Crippen molar-refractivity contribution in [3.63, 3.8) is 0 Å². The summed E-state index contributed by atoms with van der Waals surface area (Å²) in [6.07, 6.45) is 1.72. The molecular weight excluding hydrogens is 206 g/mol. The number of hydrogen-bond donors (Lipinski definition) is 1. The van der Waals surface area contributed by atoms with Crippen molar-refractivity contribution in [2.45, 2.75) is 6.92 Å². The van der Waals surface area contributed by atoms with E-state index >= 15 is 0 Å². The lowest BCUT2D eigenvalue weighted by molar-refractivity contribution is 1.11. The number of halogens is 1. The van der Waals surface area contributed by atoms with Crippen molar-refractivity contribution in [2.24, 2.45) is 0 Å². The number of pyridine rings is 1. The fourth-order valence-corrected chi connectivity index (χ4v) is 1.59. The topological polar surface area (TPSA) is 41.6 Å². The van der Waals surface area contributed by atoms with Crippen molar-refractivity contribution in [1.82, 2.24) is 15.2 Å². The number of nitrogens with zero attached hydrogens (tertiary/aromatic N) is 2. The maximum atomic E-state index is 4.22. The molecule has 11 heavy (non-hydrogen) atoms. The normalized spacial score (nSPS) is 10.7. The largest absolute Gasteiger partial charge is 0.276 e. The van der Waals surface area contributed by atoms with E-state index in [9.17, 15) is 0 Å². The van der Waals surface area contributed by atoms with Gasteiger partial charge in [0, 0.05) is 0 Å². The minimum atomic E-state index is 0.851. The van der Waals surface area contributed by atoms with Gasteiger partial charge in [0.15, 0.2) is 0 Å². The van der Waals surface area contributed by atoms with Crippen LogP contribution in [0.1, 0.15) is 5.56 Å². The first kappa shape index (κ1) is 6.79. The molecule has 1 N–H and O–H groups in total. The quantitative estimate of drug-likeness (QED) is 0.678. The fraction of sp³-hybridized carbons (Fsp3) is 0.143. The van der Waals surface area contributed by atoms with Gasteiger partial charge in [-0.2, -0.15) is 5.10 Å². The highest BCUT2D eigenvalue weighted by Crippen LogP contribution is 2.17. The number of aromatic amines is 1. The van der Waals surface area contributed by atoms with Crippen LogP contribution in [-0.4, -0.2) is 15.2 Å². The molecule has 2 aromatic heterocycles. The average Bonchev–Trinajstić information content (AvgIpc) is 2.34. The van der Waals surface area contributed by atoms with E-state index in [1.54, 1.807) is 6.20 Å². The van der Waals surface area contributed by atoms with Gasteiger partial charge in [0.25, 0.3) is 0 Å². The molecule has 0 fully saturated rings. The highest BCUT2D eigenvalue weighted by atomic mass is 79.9. The lowest BCUT2D eigenvalue weighted by Gasteiger charge is -1.94. The minimum Gasteiger partial charge on any atom is -0.276 e. The van der Waals surface area contributed by atoms with Gasteiger partial charge in [-0.25, -0.2) is 4.98 Å². The van der Waals surface area contributed by atoms with Gasteiger partial charge in [0.2, 0.25) is 0 Å². The van der Waals surface area contributed by atoms with Gasteiger partial charge in [-0.05, 0) is 34.5 Å². The van der Waals surface area contributed by atoms with Gasteiger partial charge in [0.1, 0.15) is 10.1 Å². The summed E-state index contributed by atoms with van der Waals surface area (Å²) in [7, 11) is 0. The first-order chi connectivity index (χ1) is 5.27. The average molecular weight is 212 g/mol. The first-order valence-electron chi connectivity index (χ1n) is 3.23. The Morgan fingerprint density at radius 1 is 1.55 bits per heavy atom. The Labute approximate surface area is 72.0 Å². The predicted molar refractivity (Wildman–Crippen MR) is 46.3 cm³/mol. The molecule has 0 aliphatic heterocycles. The third-order valence-corrected chi connectivity index (χ3v) is 1.98. The number of hydrogen-bond acceptors (Lipinski definition) is 2. The summed E-state index contributed by atoms with van der Waals surface area (Å²) < 4.78 is 0.851. The molecule has 0 radical (unpaired) electrons. The number of fused-ring (bicyclic) bond motifs is 1. The summed E-state index contributed by atoms with van der Waals surface area (Å²) in [6.45, 7) is 2.02. The standard InChI is InChI=1S/C7H6BrN3/c1-4-2-6(8)10-5-3-9-11-7(4)5/h2-3H,1H3,(H,9,11). The maximum Gasteiger partial charge on any atom is 0.110 e. The molecule has 2 heterocycles. The summed E-state index contributed by atoms with van der Waals surface area (Å²) in [5, 5.41) is 6.78. The van der Waals surface area contributed by atoms with Crippen LogP contribution in [0.2, 0.25) is 0 Å². The monoisotopic (exact) mass is 211 g/mol. The van der Waals surface area contributed by atoms with Crippen LogP contribution >= 0.6 is 15.9 Å². The maximum absolute atomic E-state index is 4.22. The van der Waals surface area contributed by atoms with Crippen LogP contribution < -0.4 is 0 Å². The van der Waals surface area contributed by atoms with E-state index in [4.69, 9.17) is 0 Å². The molecule has 2 rings (SSSR count). The Hall–Kier alpha value is -0.900. The molecule has 0 saturated carbocycles. The number of aromatic nitrogens is 3. The van der Waals surface area contributed by atoms with Crippen molar-refractivity contribution in [2.75, 3.05) is 0 Å². The van der Waals surface area contributed by atoms with Crippen molar-refractivity contribution < 1.29 is 0 Å². The second kappa shape index (κ2) is 2.30. The molecule has 2 aromatic rings. The van der Waals surface area contributed by atoms with Crippen LogP contribution in [0.4, 0.5) is 0 Å². The summed E-state index contributed by atoms with van der Waals surface area (Å²) in [6, 6.07) is 1.96. The Bertz CT molecular complexity index is 393. The zero-order valence-electron chi connectivity index (χ0n) is 5.93. The van der Waals surface area contributed by atoms with E-state index in [-0.39, 0.29) is 0 Å². The Morgan fingerprint density at radius 3 is 3.18 bits per heavy atom. The molecule has 0 amide bonds. The second-order valence-corrected chi connectivity index (χ2v) is 3.20. The van der Waals surface area contributed by atoms with E-state index in [2.05, 4.69) is 31.1 Å². The molecule has 0 spiro atoms. The Balaban J connectivity index is 2.91. The summed E-state index contributed by atoms with van der Waals surface area (Å²) in [5.41, 5.74) is 3.06. The molecule has 0 saturated heterocycles. The Kier molecular flexibility index (Phi) is 1.42. The van der Waals surface area contributed by atoms with Gasteiger partial charge < -0.3 is 0 Å². The molecule has 0 unspecified atom stereocenters. The van der Waals surface area contributed by atoms with E-state index in [1.165, 1.54) is 0 Å².